The van der Waals surface area contributed by atoms with Crippen LogP contribution >= 0.6 is 11.3 Å². The Morgan fingerprint density at radius 2 is 2.12 bits per heavy atom. The van der Waals surface area contributed by atoms with E-state index in [9.17, 15) is 9.18 Å². The van der Waals surface area contributed by atoms with E-state index in [-0.39, 0.29) is 28.9 Å². The van der Waals surface area contributed by atoms with Crippen LogP contribution in [0.4, 0.5) is 15.8 Å². The van der Waals surface area contributed by atoms with Crippen LogP contribution in [0.15, 0.2) is 42.6 Å². The lowest BCUT2D eigenvalue weighted by atomic mass is 10.1. The van der Waals surface area contributed by atoms with Crippen molar-refractivity contribution in [3.8, 4) is 17.1 Å². The van der Waals surface area contributed by atoms with Gasteiger partial charge in [-0.15, -0.1) is 11.3 Å². The number of benzene rings is 2. The molecule has 1 atom stereocenters. The molecule has 0 bridgehead atoms. The first kappa shape index (κ1) is 22.2. The summed E-state index contributed by atoms with van der Waals surface area (Å²) >= 11 is 1.60. The van der Waals surface area contributed by atoms with Gasteiger partial charge in [-0.3, -0.25) is 4.79 Å². The third-order valence-electron chi connectivity index (χ3n) is 5.74. The molecule has 1 aliphatic heterocycles. The minimum atomic E-state index is -0.533. The van der Waals surface area contributed by atoms with Gasteiger partial charge < -0.3 is 20.7 Å². The number of aryl methyl sites for hydroxylation is 1. The predicted molar refractivity (Wildman–Crippen MR) is 131 cm³/mol. The molecule has 0 saturated carbocycles. The van der Waals surface area contributed by atoms with Crippen LogP contribution in [-0.2, 0) is 0 Å². The summed E-state index contributed by atoms with van der Waals surface area (Å²) in [5.41, 5.74) is 8.69. The zero-order valence-corrected chi connectivity index (χ0v) is 19.5. The SMILES string of the molecule is COc1cccc(F)c1-c1nccc(C(=O)Nc2ccc3sc(C)nc3c2N2CC[C@@H](N)C2)n1. The van der Waals surface area contributed by atoms with Crippen molar-refractivity contribution in [3.05, 3.63) is 59.1 Å². The van der Waals surface area contributed by atoms with Gasteiger partial charge in [0.25, 0.3) is 5.91 Å². The van der Waals surface area contributed by atoms with E-state index >= 15 is 0 Å². The second-order valence-corrected chi connectivity index (χ2v) is 9.31. The smallest absolute Gasteiger partial charge is 0.274 e. The number of fused-ring (bicyclic) bond motifs is 1. The summed E-state index contributed by atoms with van der Waals surface area (Å²) in [5.74, 6) is -0.614. The first-order valence-corrected chi connectivity index (χ1v) is 11.6. The maximum atomic E-state index is 14.5. The van der Waals surface area contributed by atoms with Crippen LogP contribution < -0.4 is 20.7 Å². The molecule has 3 heterocycles. The lowest BCUT2D eigenvalue weighted by Crippen LogP contribution is -2.27. The molecule has 0 aliphatic carbocycles. The van der Waals surface area contributed by atoms with E-state index in [4.69, 9.17) is 15.5 Å². The van der Waals surface area contributed by atoms with Crippen molar-refractivity contribution in [3.63, 3.8) is 0 Å². The number of nitrogens with zero attached hydrogens (tertiary/aromatic N) is 4. The van der Waals surface area contributed by atoms with Crippen molar-refractivity contribution in [1.29, 1.82) is 0 Å². The van der Waals surface area contributed by atoms with Gasteiger partial charge in [-0.1, -0.05) is 6.07 Å². The Hall–Kier alpha value is -3.63. The van der Waals surface area contributed by atoms with Crippen molar-refractivity contribution in [2.75, 3.05) is 30.4 Å². The zero-order chi connectivity index (χ0) is 23.8. The number of hydrogen-bond acceptors (Lipinski definition) is 8. The average Bonchev–Trinajstić information content (AvgIpc) is 3.43. The number of amides is 1. The normalized spacial score (nSPS) is 15.6. The summed E-state index contributed by atoms with van der Waals surface area (Å²) in [4.78, 5) is 28.6. The first-order valence-electron chi connectivity index (χ1n) is 10.8. The van der Waals surface area contributed by atoms with Crippen molar-refractivity contribution in [1.82, 2.24) is 15.0 Å². The maximum Gasteiger partial charge on any atom is 0.274 e. The number of nitrogens with two attached hydrogens (primary N) is 1. The lowest BCUT2D eigenvalue weighted by Gasteiger charge is -2.22. The number of nitrogens with one attached hydrogen (secondary N) is 1. The number of halogens is 1. The number of carbonyl (C=O) groups is 1. The Morgan fingerprint density at radius 1 is 1.26 bits per heavy atom. The van der Waals surface area contributed by atoms with Gasteiger partial charge in [-0.05, 0) is 43.7 Å². The Kier molecular flexibility index (Phi) is 5.84. The van der Waals surface area contributed by atoms with Crippen molar-refractivity contribution in [2.24, 2.45) is 5.73 Å². The molecular formula is C24H23FN6O2S. The van der Waals surface area contributed by atoms with Gasteiger partial charge in [-0.25, -0.2) is 19.3 Å². The predicted octanol–water partition coefficient (Wildman–Crippen LogP) is 4.00. The molecule has 5 rings (SSSR count). The third-order valence-corrected chi connectivity index (χ3v) is 6.67. The van der Waals surface area contributed by atoms with E-state index in [1.54, 1.807) is 17.4 Å². The topological polar surface area (TPSA) is 106 Å². The van der Waals surface area contributed by atoms with Crippen molar-refractivity contribution in [2.45, 2.75) is 19.4 Å². The standard InChI is InChI=1S/C24H23FN6O2S/c1-13-28-21-19(34-13)7-6-16(22(21)31-11-9-14(26)12-31)30-24(32)17-8-10-27-23(29-17)20-15(25)4-3-5-18(20)33-2/h3-8,10,14H,9,11-12,26H2,1-2H3,(H,30,32)/t14-/m1/s1. The molecule has 0 unspecified atom stereocenters. The molecule has 2 aromatic carbocycles. The van der Waals surface area contributed by atoms with E-state index in [1.807, 2.05) is 19.1 Å². The number of methoxy groups -OCH3 is 1. The van der Waals surface area contributed by atoms with Crippen LogP contribution in [0.3, 0.4) is 0 Å². The van der Waals surface area contributed by atoms with E-state index in [0.717, 1.165) is 33.9 Å². The Bertz CT molecular complexity index is 1390. The highest BCUT2D eigenvalue weighted by Gasteiger charge is 2.26. The fourth-order valence-corrected chi connectivity index (χ4v) is 5.02. The zero-order valence-electron chi connectivity index (χ0n) is 18.7. The van der Waals surface area contributed by atoms with E-state index < -0.39 is 11.7 Å². The second kappa shape index (κ2) is 8.96. The molecule has 1 saturated heterocycles. The highest BCUT2D eigenvalue weighted by molar-refractivity contribution is 7.18. The summed E-state index contributed by atoms with van der Waals surface area (Å²) in [5, 5.41) is 3.92. The monoisotopic (exact) mass is 478 g/mol. The number of aromatic nitrogens is 3. The van der Waals surface area contributed by atoms with Crippen LogP contribution in [0.2, 0.25) is 0 Å². The molecule has 174 valence electrons. The van der Waals surface area contributed by atoms with Gasteiger partial charge in [-0.2, -0.15) is 0 Å². The molecule has 0 radical (unpaired) electrons. The average molecular weight is 479 g/mol. The fourth-order valence-electron chi connectivity index (χ4n) is 4.19. The molecule has 1 fully saturated rings. The van der Waals surface area contributed by atoms with Crippen LogP contribution in [0.5, 0.6) is 5.75 Å². The summed E-state index contributed by atoms with van der Waals surface area (Å²) < 4.78 is 20.8. The first-order chi connectivity index (χ1) is 16.4. The molecule has 0 spiro atoms. The van der Waals surface area contributed by atoms with Gasteiger partial charge in [0, 0.05) is 25.3 Å². The molecular weight excluding hydrogens is 455 g/mol. The van der Waals surface area contributed by atoms with Gasteiger partial charge in [0.1, 0.15) is 22.8 Å². The minimum absolute atomic E-state index is 0.0683. The van der Waals surface area contributed by atoms with E-state index in [1.165, 1.54) is 31.5 Å². The molecule has 1 aliphatic rings. The van der Waals surface area contributed by atoms with Crippen LogP contribution in [-0.4, -0.2) is 47.1 Å². The van der Waals surface area contributed by atoms with Gasteiger partial charge >= 0.3 is 0 Å². The van der Waals surface area contributed by atoms with Gasteiger partial charge in [0.2, 0.25) is 0 Å². The number of carbonyl (C=O) groups excluding carboxylic acids is 1. The second-order valence-electron chi connectivity index (χ2n) is 8.07. The summed E-state index contributed by atoms with van der Waals surface area (Å²) in [6.07, 6.45) is 2.29. The minimum Gasteiger partial charge on any atom is -0.496 e. The number of hydrogen-bond donors (Lipinski definition) is 2. The van der Waals surface area contributed by atoms with Crippen LogP contribution in [0, 0.1) is 12.7 Å². The van der Waals surface area contributed by atoms with Crippen LogP contribution in [0.25, 0.3) is 21.6 Å². The van der Waals surface area contributed by atoms with E-state index in [2.05, 4.69) is 20.2 Å². The fraction of sp³-hybridized carbons (Fsp3) is 0.250. The Balaban J connectivity index is 1.51. The number of ether oxygens (including phenoxy) is 1. The molecule has 10 heteroatoms. The number of rotatable bonds is 5. The number of anilines is 2. The van der Waals surface area contributed by atoms with Crippen molar-refractivity contribution >= 4 is 38.8 Å². The summed E-state index contributed by atoms with van der Waals surface area (Å²) in [6.45, 7) is 3.43. The number of thiazole rings is 1. The highest BCUT2D eigenvalue weighted by atomic mass is 32.1. The Labute approximate surface area is 199 Å². The molecule has 2 aromatic heterocycles. The lowest BCUT2D eigenvalue weighted by molar-refractivity contribution is 0.102. The molecule has 4 aromatic rings. The van der Waals surface area contributed by atoms with Crippen molar-refractivity contribution < 1.29 is 13.9 Å². The van der Waals surface area contributed by atoms with Crippen LogP contribution in [0.1, 0.15) is 21.9 Å². The summed E-state index contributed by atoms with van der Waals surface area (Å²) in [6, 6.07) is 9.83. The largest absolute Gasteiger partial charge is 0.496 e. The van der Waals surface area contributed by atoms with Gasteiger partial charge in [0.15, 0.2) is 5.82 Å². The quantitative estimate of drug-likeness (QED) is 0.447. The summed E-state index contributed by atoms with van der Waals surface area (Å²) in [7, 11) is 1.44. The Morgan fingerprint density at radius 3 is 2.88 bits per heavy atom. The maximum absolute atomic E-state index is 14.5. The van der Waals surface area contributed by atoms with Gasteiger partial charge in [0.05, 0.1) is 33.8 Å². The molecule has 3 N–H and O–H groups in total. The highest BCUT2D eigenvalue weighted by Crippen LogP contribution is 2.38. The third kappa shape index (κ3) is 4.06. The molecule has 8 nitrogen and oxygen atoms in total. The van der Waals surface area contributed by atoms with E-state index in [0.29, 0.717) is 12.2 Å². The molecule has 34 heavy (non-hydrogen) atoms. The molecule has 1 amide bonds.